The number of unbranched alkanes of at least 4 members (excludes halogenated alkanes) is 3. The minimum atomic E-state index is -1.11. The zero-order valence-corrected chi connectivity index (χ0v) is 17.4. The summed E-state index contributed by atoms with van der Waals surface area (Å²) >= 11 is 0. The van der Waals surface area contributed by atoms with Crippen LogP contribution in [0.15, 0.2) is 73.9 Å². The molecule has 0 fully saturated rings. The molecule has 0 N–H and O–H groups in total. The normalized spacial score (nSPS) is 17.7. The predicted molar refractivity (Wildman–Crippen MR) is 118 cm³/mol. The lowest BCUT2D eigenvalue weighted by Crippen LogP contribution is -2.42. The zero-order valence-electron chi connectivity index (χ0n) is 17.4. The van der Waals surface area contributed by atoms with Crippen molar-refractivity contribution in [2.24, 2.45) is 0 Å². The zero-order chi connectivity index (χ0) is 21.7. The molecule has 1 aromatic carbocycles. The van der Waals surface area contributed by atoms with Crippen molar-refractivity contribution in [3.8, 4) is 0 Å². The molecule has 0 heterocycles. The van der Waals surface area contributed by atoms with Crippen LogP contribution < -0.4 is 0 Å². The van der Waals surface area contributed by atoms with Gasteiger partial charge in [-0.3, -0.25) is 0 Å². The van der Waals surface area contributed by atoms with E-state index in [1.54, 1.807) is 12.2 Å². The topological polar surface area (TPSA) is 61.8 Å². The molecule has 0 bridgehead atoms. The minimum absolute atomic E-state index is 0.149. The van der Waals surface area contributed by atoms with Crippen molar-refractivity contribution in [1.82, 2.24) is 0 Å². The summed E-state index contributed by atoms with van der Waals surface area (Å²) in [4.78, 5) is 23.7. The first-order valence-electron chi connectivity index (χ1n) is 10.3. The molecule has 1 unspecified atom stereocenters. The molecule has 0 aromatic heterocycles. The molecule has 2 rings (SSSR count). The highest BCUT2D eigenvalue weighted by Gasteiger charge is 2.39. The van der Waals surface area contributed by atoms with Crippen LogP contribution in [0.25, 0.3) is 5.57 Å². The van der Waals surface area contributed by atoms with Gasteiger partial charge in [-0.05, 0) is 36.5 Å². The third kappa shape index (κ3) is 7.16. The van der Waals surface area contributed by atoms with Gasteiger partial charge in [0.1, 0.15) is 6.61 Å². The highest BCUT2D eigenvalue weighted by Crippen LogP contribution is 2.31. The van der Waals surface area contributed by atoms with E-state index in [1.165, 1.54) is 0 Å². The molecule has 30 heavy (non-hydrogen) atoms. The molecule has 5 heteroatoms. The number of ether oxygens (including phenoxy) is 3. The summed E-state index contributed by atoms with van der Waals surface area (Å²) in [6.07, 6.45) is 12.3. The van der Waals surface area contributed by atoms with Crippen molar-refractivity contribution >= 4 is 17.5 Å². The van der Waals surface area contributed by atoms with E-state index in [1.807, 2.05) is 42.5 Å². The molecule has 0 spiro atoms. The van der Waals surface area contributed by atoms with Crippen molar-refractivity contribution in [2.45, 2.75) is 37.7 Å². The van der Waals surface area contributed by atoms with E-state index in [2.05, 4.69) is 13.2 Å². The average molecular weight is 411 g/mol. The first kappa shape index (κ1) is 23.4. The van der Waals surface area contributed by atoms with Gasteiger partial charge in [0, 0.05) is 19.1 Å². The Hall–Kier alpha value is -2.92. The second-order valence-corrected chi connectivity index (χ2v) is 6.97. The standard InChI is InChI=1S/C25H30O5/c1-3-18-29-24(27)25(30-20-11-6-5-10-19-28-23(26)4-2)16-14-22(15-17-25)21-12-8-7-9-13-21/h3-4,7-9,12-16H,1-2,5-6,10-11,17-20H2. The Bertz CT molecular complexity index is 778. The van der Waals surface area contributed by atoms with Crippen LogP contribution in [0, 0.1) is 0 Å². The van der Waals surface area contributed by atoms with E-state index in [0.29, 0.717) is 19.6 Å². The molecule has 1 atom stereocenters. The molecular weight excluding hydrogens is 380 g/mol. The molecular formula is C25H30O5. The Balaban J connectivity index is 1.86. The summed E-state index contributed by atoms with van der Waals surface area (Å²) in [6.45, 7) is 7.93. The van der Waals surface area contributed by atoms with Gasteiger partial charge < -0.3 is 14.2 Å². The molecule has 0 amide bonds. The third-order valence-corrected chi connectivity index (χ3v) is 4.75. The maximum atomic E-state index is 12.7. The van der Waals surface area contributed by atoms with Crippen molar-refractivity contribution in [2.75, 3.05) is 19.8 Å². The van der Waals surface area contributed by atoms with Crippen LogP contribution in [-0.2, 0) is 23.8 Å². The monoisotopic (exact) mass is 410 g/mol. The van der Waals surface area contributed by atoms with Crippen LogP contribution >= 0.6 is 0 Å². The summed E-state index contributed by atoms with van der Waals surface area (Å²) in [5, 5.41) is 0. The molecule has 160 valence electrons. The fourth-order valence-electron chi connectivity index (χ4n) is 3.08. The largest absolute Gasteiger partial charge is 0.463 e. The summed E-state index contributed by atoms with van der Waals surface area (Å²) in [7, 11) is 0. The highest BCUT2D eigenvalue weighted by molar-refractivity contribution is 5.86. The van der Waals surface area contributed by atoms with Gasteiger partial charge in [-0.25, -0.2) is 9.59 Å². The van der Waals surface area contributed by atoms with E-state index in [9.17, 15) is 9.59 Å². The molecule has 0 aliphatic heterocycles. The van der Waals surface area contributed by atoms with E-state index >= 15 is 0 Å². The highest BCUT2D eigenvalue weighted by atomic mass is 16.6. The maximum absolute atomic E-state index is 12.7. The Kier molecular flexibility index (Phi) is 9.81. The van der Waals surface area contributed by atoms with Crippen molar-refractivity contribution < 1.29 is 23.8 Å². The van der Waals surface area contributed by atoms with E-state index in [-0.39, 0.29) is 6.61 Å². The first-order chi connectivity index (χ1) is 14.6. The lowest BCUT2D eigenvalue weighted by molar-refractivity contribution is -0.165. The van der Waals surface area contributed by atoms with Crippen LogP contribution in [0.5, 0.6) is 0 Å². The van der Waals surface area contributed by atoms with Gasteiger partial charge in [-0.2, -0.15) is 0 Å². The SMILES string of the molecule is C=CCOC(=O)C1(OCCCCCCOC(=O)C=C)C=CC(c2ccccc2)=CC1. The third-order valence-electron chi connectivity index (χ3n) is 4.75. The van der Waals surface area contributed by atoms with Gasteiger partial charge in [0.05, 0.1) is 6.61 Å². The second kappa shape index (κ2) is 12.6. The van der Waals surface area contributed by atoms with Crippen LogP contribution in [-0.4, -0.2) is 37.4 Å². The smallest absolute Gasteiger partial charge is 0.343 e. The Morgan fingerprint density at radius 3 is 2.37 bits per heavy atom. The summed E-state index contributed by atoms with van der Waals surface area (Å²) < 4.78 is 16.3. The Labute approximate surface area is 178 Å². The van der Waals surface area contributed by atoms with Crippen LogP contribution in [0.1, 0.15) is 37.7 Å². The van der Waals surface area contributed by atoms with E-state index < -0.39 is 17.5 Å². The fourth-order valence-corrected chi connectivity index (χ4v) is 3.08. The number of allylic oxidation sites excluding steroid dienone is 2. The van der Waals surface area contributed by atoms with E-state index in [4.69, 9.17) is 14.2 Å². The van der Waals surface area contributed by atoms with Gasteiger partial charge in [0.2, 0.25) is 0 Å². The Morgan fingerprint density at radius 2 is 1.73 bits per heavy atom. The molecule has 1 aromatic rings. The molecule has 0 saturated carbocycles. The number of carbonyl (C=O) groups is 2. The molecule has 0 saturated heterocycles. The van der Waals surface area contributed by atoms with Crippen molar-refractivity contribution in [3.05, 3.63) is 79.4 Å². The van der Waals surface area contributed by atoms with Crippen LogP contribution in [0.3, 0.4) is 0 Å². The number of carbonyl (C=O) groups excluding carboxylic acids is 2. The average Bonchev–Trinajstić information content (AvgIpc) is 2.79. The van der Waals surface area contributed by atoms with Gasteiger partial charge >= 0.3 is 11.9 Å². The first-order valence-corrected chi connectivity index (χ1v) is 10.3. The molecule has 0 radical (unpaired) electrons. The Morgan fingerprint density at radius 1 is 1.00 bits per heavy atom. The van der Waals surface area contributed by atoms with Gasteiger partial charge in [0.25, 0.3) is 0 Å². The van der Waals surface area contributed by atoms with Gasteiger partial charge in [0.15, 0.2) is 5.60 Å². The fraction of sp³-hybridized carbons (Fsp3) is 0.360. The maximum Gasteiger partial charge on any atom is 0.343 e. The molecule has 1 aliphatic rings. The van der Waals surface area contributed by atoms with Crippen LogP contribution in [0.4, 0.5) is 0 Å². The van der Waals surface area contributed by atoms with Crippen molar-refractivity contribution in [3.63, 3.8) is 0 Å². The van der Waals surface area contributed by atoms with Crippen molar-refractivity contribution in [1.29, 1.82) is 0 Å². The predicted octanol–water partition coefficient (Wildman–Crippen LogP) is 4.80. The van der Waals surface area contributed by atoms with Crippen LogP contribution in [0.2, 0.25) is 0 Å². The lowest BCUT2D eigenvalue weighted by Gasteiger charge is -2.30. The number of hydrogen-bond acceptors (Lipinski definition) is 5. The quantitative estimate of drug-likeness (QED) is 0.202. The number of esters is 2. The minimum Gasteiger partial charge on any atom is -0.463 e. The number of hydrogen-bond donors (Lipinski definition) is 0. The summed E-state index contributed by atoms with van der Waals surface area (Å²) in [5.74, 6) is -0.802. The molecule has 1 aliphatic carbocycles. The molecule has 5 nitrogen and oxygen atoms in total. The van der Waals surface area contributed by atoms with E-state index in [0.717, 1.165) is 42.9 Å². The number of benzene rings is 1. The van der Waals surface area contributed by atoms with Gasteiger partial charge in [-0.15, -0.1) is 0 Å². The lowest BCUT2D eigenvalue weighted by atomic mass is 9.89. The number of rotatable bonds is 13. The summed E-state index contributed by atoms with van der Waals surface area (Å²) in [6, 6.07) is 10.0. The second-order valence-electron chi connectivity index (χ2n) is 6.97. The van der Waals surface area contributed by atoms with Gasteiger partial charge in [-0.1, -0.05) is 68.1 Å². The summed E-state index contributed by atoms with van der Waals surface area (Å²) in [5.41, 5.74) is 1.04.